The molecule has 1 aromatic heterocycles. The average molecular weight is 308 g/mol. The van der Waals surface area contributed by atoms with Crippen molar-refractivity contribution in [3.63, 3.8) is 0 Å². The van der Waals surface area contributed by atoms with E-state index in [4.69, 9.17) is 0 Å². The highest BCUT2D eigenvalue weighted by atomic mass is 19.4. The average Bonchev–Trinajstić information content (AvgIpc) is 2.89. The monoisotopic (exact) mass is 308 g/mol. The molecule has 0 spiro atoms. The van der Waals surface area contributed by atoms with Gasteiger partial charge in [0.25, 0.3) is 11.5 Å². The number of carbonyl (C=O) groups is 1. The first kappa shape index (κ1) is 14.4. The Kier molecular flexibility index (Phi) is 3.27. The molecular formula is C15H11F3N2O2. The summed E-state index contributed by atoms with van der Waals surface area (Å²) in [5.41, 5.74) is -0.851. The number of aromatic amines is 1. The van der Waals surface area contributed by atoms with Gasteiger partial charge >= 0.3 is 6.18 Å². The zero-order chi connectivity index (χ0) is 15.9. The molecule has 0 saturated carbocycles. The molecule has 1 aromatic carbocycles. The Balaban J connectivity index is 1.96. The van der Waals surface area contributed by atoms with Crippen molar-refractivity contribution in [2.45, 2.75) is 12.6 Å². The molecule has 7 heteroatoms. The summed E-state index contributed by atoms with van der Waals surface area (Å²) in [6.07, 6.45) is -4.00. The number of pyridine rings is 1. The summed E-state index contributed by atoms with van der Waals surface area (Å²) in [6, 6.07) is 8.86. The van der Waals surface area contributed by atoms with Crippen LogP contribution in [0, 0.1) is 0 Å². The van der Waals surface area contributed by atoms with Crippen molar-refractivity contribution >= 4 is 11.6 Å². The first-order chi connectivity index (χ1) is 10.4. The number of nitrogens with one attached hydrogen (secondary N) is 1. The minimum atomic E-state index is -4.65. The lowest BCUT2D eigenvalue weighted by Crippen LogP contribution is -2.34. The van der Waals surface area contributed by atoms with Gasteiger partial charge in [0.2, 0.25) is 0 Å². The second-order valence-corrected chi connectivity index (χ2v) is 4.95. The van der Waals surface area contributed by atoms with Crippen molar-refractivity contribution in [1.82, 2.24) is 4.98 Å². The molecular weight excluding hydrogens is 297 g/mol. The van der Waals surface area contributed by atoms with Crippen molar-refractivity contribution in [1.29, 1.82) is 0 Å². The summed E-state index contributed by atoms with van der Waals surface area (Å²) < 4.78 is 37.6. The van der Waals surface area contributed by atoms with Gasteiger partial charge in [-0.1, -0.05) is 18.2 Å². The van der Waals surface area contributed by atoms with E-state index in [0.717, 1.165) is 11.6 Å². The molecule has 0 unspecified atom stereocenters. The molecule has 0 fully saturated rings. The Bertz CT molecular complexity index is 796. The number of fused-ring (bicyclic) bond motifs is 1. The van der Waals surface area contributed by atoms with E-state index in [0.29, 0.717) is 24.7 Å². The highest BCUT2D eigenvalue weighted by molar-refractivity contribution is 6.07. The van der Waals surface area contributed by atoms with Crippen LogP contribution >= 0.6 is 0 Å². The maximum atomic E-state index is 12.5. The molecule has 22 heavy (non-hydrogen) atoms. The molecule has 3 rings (SSSR count). The van der Waals surface area contributed by atoms with Crippen LogP contribution in [0.1, 0.15) is 21.6 Å². The molecule has 0 aliphatic carbocycles. The molecule has 114 valence electrons. The molecule has 1 aliphatic heterocycles. The Hall–Kier alpha value is -2.57. The van der Waals surface area contributed by atoms with Gasteiger partial charge in [0.15, 0.2) is 0 Å². The summed E-state index contributed by atoms with van der Waals surface area (Å²) in [7, 11) is 0. The Morgan fingerprint density at radius 1 is 1.14 bits per heavy atom. The van der Waals surface area contributed by atoms with Gasteiger partial charge < -0.3 is 9.88 Å². The minimum absolute atomic E-state index is 0.301. The molecule has 2 heterocycles. The summed E-state index contributed by atoms with van der Waals surface area (Å²) >= 11 is 0. The third kappa shape index (κ3) is 2.38. The van der Waals surface area contributed by atoms with Gasteiger partial charge in [-0.25, -0.2) is 0 Å². The lowest BCUT2D eigenvalue weighted by Gasteiger charge is -2.17. The Morgan fingerprint density at radius 3 is 2.55 bits per heavy atom. The predicted molar refractivity (Wildman–Crippen MR) is 73.9 cm³/mol. The fourth-order valence-corrected chi connectivity index (χ4v) is 2.50. The van der Waals surface area contributed by atoms with Gasteiger partial charge in [-0.05, 0) is 30.2 Å². The topological polar surface area (TPSA) is 53.2 Å². The first-order valence-corrected chi connectivity index (χ1v) is 6.58. The van der Waals surface area contributed by atoms with Gasteiger partial charge in [0.05, 0.1) is 0 Å². The predicted octanol–water partition coefficient (Wildman–Crippen LogP) is 2.60. The maximum absolute atomic E-state index is 12.5. The number of nitrogens with zero attached hydrogens (tertiary/aromatic N) is 1. The molecule has 0 radical (unpaired) electrons. The number of carbonyl (C=O) groups excluding carboxylic acids is 1. The summed E-state index contributed by atoms with van der Waals surface area (Å²) in [5.74, 6) is -0.597. The minimum Gasteiger partial charge on any atom is -0.318 e. The molecule has 1 aliphatic rings. The molecule has 0 saturated heterocycles. The summed E-state index contributed by atoms with van der Waals surface area (Å²) in [4.78, 5) is 27.3. The molecule has 0 bridgehead atoms. The van der Waals surface area contributed by atoms with Crippen LogP contribution in [0.15, 0.2) is 41.2 Å². The number of hydrogen-bond acceptors (Lipinski definition) is 2. The third-order valence-electron chi connectivity index (χ3n) is 3.58. The zero-order valence-electron chi connectivity index (χ0n) is 11.3. The second kappa shape index (κ2) is 5.01. The van der Waals surface area contributed by atoms with Crippen LogP contribution in [0.2, 0.25) is 0 Å². The quantitative estimate of drug-likeness (QED) is 0.880. The van der Waals surface area contributed by atoms with Crippen molar-refractivity contribution in [3.05, 3.63) is 63.6 Å². The van der Waals surface area contributed by atoms with Crippen LogP contribution in [0.3, 0.4) is 0 Å². The van der Waals surface area contributed by atoms with Crippen LogP contribution in [-0.2, 0) is 12.6 Å². The number of benzene rings is 1. The van der Waals surface area contributed by atoms with Crippen LogP contribution in [-0.4, -0.2) is 17.4 Å². The Morgan fingerprint density at radius 2 is 1.86 bits per heavy atom. The third-order valence-corrected chi connectivity index (χ3v) is 3.58. The lowest BCUT2D eigenvalue weighted by atomic mass is 10.1. The van der Waals surface area contributed by atoms with E-state index < -0.39 is 23.3 Å². The van der Waals surface area contributed by atoms with Crippen LogP contribution < -0.4 is 10.5 Å². The van der Waals surface area contributed by atoms with E-state index in [1.54, 1.807) is 17.1 Å². The Labute approximate surface area is 123 Å². The van der Waals surface area contributed by atoms with E-state index in [9.17, 15) is 22.8 Å². The molecule has 1 amide bonds. The van der Waals surface area contributed by atoms with Gasteiger partial charge in [0, 0.05) is 12.2 Å². The molecule has 2 aromatic rings. The van der Waals surface area contributed by atoms with Gasteiger partial charge in [0.1, 0.15) is 11.3 Å². The van der Waals surface area contributed by atoms with Crippen LogP contribution in [0.5, 0.6) is 0 Å². The van der Waals surface area contributed by atoms with Gasteiger partial charge in [-0.15, -0.1) is 0 Å². The number of amides is 1. The number of halogens is 3. The van der Waals surface area contributed by atoms with Gasteiger partial charge in [-0.3, -0.25) is 9.59 Å². The normalized spacial score (nSPS) is 14.0. The lowest BCUT2D eigenvalue weighted by molar-refractivity contribution is -0.141. The number of alkyl halides is 3. The molecule has 4 nitrogen and oxygen atoms in total. The largest absolute Gasteiger partial charge is 0.431 e. The van der Waals surface area contributed by atoms with E-state index >= 15 is 0 Å². The van der Waals surface area contributed by atoms with E-state index in [-0.39, 0.29) is 5.56 Å². The smallest absolute Gasteiger partial charge is 0.318 e. The fourth-order valence-electron chi connectivity index (χ4n) is 2.50. The van der Waals surface area contributed by atoms with Crippen LogP contribution in [0.4, 0.5) is 18.9 Å². The van der Waals surface area contributed by atoms with Crippen molar-refractivity contribution in [3.8, 4) is 0 Å². The highest BCUT2D eigenvalue weighted by Crippen LogP contribution is 2.29. The number of H-pyrrole nitrogens is 1. The fraction of sp³-hybridized carbons (Fsp3) is 0.200. The van der Waals surface area contributed by atoms with Crippen molar-refractivity contribution < 1.29 is 18.0 Å². The van der Waals surface area contributed by atoms with Crippen LogP contribution in [0.25, 0.3) is 0 Å². The van der Waals surface area contributed by atoms with Crippen molar-refractivity contribution in [2.24, 2.45) is 0 Å². The zero-order valence-corrected chi connectivity index (χ0v) is 11.3. The van der Waals surface area contributed by atoms with Gasteiger partial charge in [-0.2, -0.15) is 13.2 Å². The van der Waals surface area contributed by atoms with E-state index in [1.807, 2.05) is 12.1 Å². The number of hydrogen-bond donors (Lipinski definition) is 1. The van der Waals surface area contributed by atoms with E-state index in [2.05, 4.69) is 0 Å². The summed E-state index contributed by atoms with van der Waals surface area (Å²) in [5, 5.41) is 0. The van der Waals surface area contributed by atoms with Crippen molar-refractivity contribution in [2.75, 3.05) is 11.4 Å². The molecule has 1 N–H and O–H groups in total. The number of para-hydroxylation sites is 1. The highest BCUT2D eigenvalue weighted by Gasteiger charge is 2.33. The number of aromatic nitrogens is 1. The standard InChI is InChI=1S/C15H11F3N2O2/c16-15(17,18)12-6-5-10(13(21)19-12)14(22)20-8-7-9-3-1-2-4-11(9)20/h1-6H,7-8H2,(H,19,21). The first-order valence-electron chi connectivity index (χ1n) is 6.58. The SMILES string of the molecule is O=C(c1ccc(C(F)(F)F)[nH]c1=O)N1CCc2ccccc21. The number of anilines is 1. The van der Waals surface area contributed by atoms with E-state index in [1.165, 1.54) is 4.90 Å². The maximum Gasteiger partial charge on any atom is 0.431 e. The molecule has 0 atom stereocenters. The summed E-state index contributed by atoms with van der Waals surface area (Å²) in [6.45, 7) is 0.401. The second-order valence-electron chi connectivity index (χ2n) is 4.95. The number of rotatable bonds is 1.